The molecule has 0 saturated heterocycles. The lowest BCUT2D eigenvalue weighted by Gasteiger charge is -2.07. The molecule has 2 heterocycles. The molecule has 0 spiro atoms. The molecule has 1 nitrogen and oxygen atoms in total. The normalized spacial score (nSPS) is 11.9. The number of hydrogen-bond acceptors (Lipinski definition) is 1. The fourth-order valence-electron chi connectivity index (χ4n) is 4.18. The molecule has 0 unspecified atom stereocenters. The van der Waals surface area contributed by atoms with Crippen molar-refractivity contribution in [2.75, 3.05) is 0 Å². The van der Waals surface area contributed by atoms with Gasteiger partial charge >= 0.3 is 0 Å². The second-order valence-electron chi connectivity index (χ2n) is 6.85. The highest BCUT2D eigenvalue weighted by molar-refractivity contribution is 7.27. The molecule has 2 aromatic heterocycles. The van der Waals surface area contributed by atoms with E-state index in [-0.39, 0.29) is 0 Å². The molecule has 0 aliphatic rings. The van der Waals surface area contributed by atoms with Crippen molar-refractivity contribution in [2.24, 2.45) is 0 Å². The average molecular weight is 359 g/mol. The minimum absolute atomic E-state index is 0.855. The van der Waals surface area contributed by atoms with Crippen LogP contribution < -0.4 is 5.46 Å². The molecule has 0 atom stereocenters. The molecular weight excluding hydrogens is 345 g/mol. The Morgan fingerprint density at radius 1 is 0.593 bits per heavy atom. The zero-order valence-corrected chi connectivity index (χ0v) is 15.3. The maximum absolute atomic E-state index is 6.28. The van der Waals surface area contributed by atoms with Gasteiger partial charge in [-0.1, -0.05) is 66.1 Å². The van der Waals surface area contributed by atoms with Crippen LogP contribution in [0, 0.1) is 0 Å². The number of rotatable bonds is 1. The van der Waals surface area contributed by atoms with E-state index in [1.165, 1.54) is 47.7 Å². The molecule has 0 N–H and O–H groups in total. The van der Waals surface area contributed by atoms with Gasteiger partial charge in [-0.2, -0.15) is 0 Å². The Morgan fingerprint density at radius 3 is 2.22 bits per heavy atom. The molecule has 0 aliphatic carbocycles. The monoisotopic (exact) mass is 359 g/mol. The van der Waals surface area contributed by atoms with Crippen LogP contribution in [0.15, 0.2) is 84.9 Å². The molecule has 6 aromatic rings. The van der Waals surface area contributed by atoms with Crippen LogP contribution in [0.2, 0.25) is 0 Å². The van der Waals surface area contributed by atoms with Crippen molar-refractivity contribution in [3.05, 3.63) is 84.9 Å². The summed E-state index contributed by atoms with van der Waals surface area (Å²) in [6.45, 7) is 0. The molecule has 0 saturated carbocycles. The Kier molecular flexibility index (Phi) is 3.06. The number of para-hydroxylation sites is 2. The zero-order chi connectivity index (χ0) is 18.0. The molecule has 124 valence electrons. The Hall–Kier alpha value is -3.04. The van der Waals surface area contributed by atoms with Crippen LogP contribution in [0.1, 0.15) is 0 Å². The molecule has 4 aromatic carbocycles. The Labute approximate surface area is 161 Å². The third kappa shape index (κ3) is 2.00. The predicted octanol–water partition coefficient (Wildman–Crippen LogP) is 5.95. The van der Waals surface area contributed by atoms with Gasteiger partial charge in [0.2, 0.25) is 0 Å². The van der Waals surface area contributed by atoms with Gasteiger partial charge in [0.25, 0.3) is 0 Å². The topological polar surface area (TPSA) is 4.93 Å². The summed E-state index contributed by atoms with van der Waals surface area (Å²) in [5.74, 6) is 0. The number of fused-ring (bicyclic) bond motifs is 7. The number of nitrogens with zero attached hydrogens (tertiary/aromatic N) is 1. The second-order valence-corrected chi connectivity index (χ2v) is 7.87. The van der Waals surface area contributed by atoms with Crippen LogP contribution in [0.5, 0.6) is 0 Å². The molecule has 27 heavy (non-hydrogen) atoms. The van der Waals surface area contributed by atoms with Gasteiger partial charge in [-0.15, -0.1) is 11.3 Å². The van der Waals surface area contributed by atoms with Crippen LogP contribution in [0.25, 0.3) is 47.7 Å². The van der Waals surface area contributed by atoms with E-state index in [0.29, 0.717) is 0 Å². The summed E-state index contributed by atoms with van der Waals surface area (Å²) >= 11 is 1.80. The highest BCUT2D eigenvalue weighted by Gasteiger charge is 2.17. The van der Waals surface area contributed by atoms with E-state index in [2.05, 4.69) is 77.4 Å². The van der Waals surface area contributed by atoms with Gasteiger partial charge in [-0.25, -0.2) is 0 Å². The zero-order valence-electron chi connectivity index (χ0n) is 14.5. The highest BCUT2D eigenvalue weighted by atomic mass is 32.1. The lowest BCUT2D eigenvalue weighted by molar-refractivity contribution is 1.18. The van der Waals surface area contributed by atoms with E-state index in [4.69, 9.17) is 7.85 Å². The van der Waals surface area contributed by atoms with Crippen LogP contribution in [0.4, 0.5) is 0 Å². The van der Waals surface area contributed by atoms with Crippen LogP contribution in [-0.2, 0) is 0 Å². The summed E-state index contributed by atoms with van der Waals surface area (Å²) in [7, 11) is 6.28. The fraction of sp³-hybridized carbons (Fsp3) is 0. The van der Waals surface area contributed by atoms with Gasteiger partial charge in [0.05, 0.1) is 11.0 Å². The van der Waals surface area contributed by atoms with E-state index in [9.17, 15) is 0 Å². The molecule has 0 fully saturated rings. The third-order valence-electron chi connectivity index (χ3n) is 5.35. The van der Waals surface area contributed by atoms with Crippen LogP contribution in [-0.4, -0.2) is 12.4 Å². The van der Waals surface area contributed by atoms with Crippen molar-refractivity contribution in [3.8, 4) is 5.69 Å². The second kappa shape index (κ2) is 5.48. The largest absolute Gasteiger partial charge is 0.309 e. The van der Waals surface area contributed by atoms with E-state index < -0.39 is 0 Å². The van der Waals surface area contributed by atoms with Crippen LogP contribution >= 0.6 is 11.3 Å². The van der Waals surface area contributed by atoms with E-state index in [1.807, 2.05) is 12.1 Å². The predicted molar refractivity (Wildman–Crippen MR) is 119 cm³/mol. The standard InChI is InChI=1S/C24H14BNS/c25-19-11-6-10-16-17-13-14-21-22(24(17)27-23(16)19)18-9-4-5-12-20(18)26(21)15-7-2-1-3-8-15/h1-14H. The number of benzene rings is 4. The lowest BCUT2D eigenvalue weighted by Crippen LogP contribution is -1.99. The molecule has 3 heteroatoms. The van der Waals surface area contributed by atoms with Crippen molar-refractivity contribution in [2.45, 2.75) is 0 Å². The Balaban J connectivity index is 1.89. The summed E-state index contributed by atoms with van der Waals surface area (Å²) < 4.78 is 4.85. The van der Waals surface area contributed by atoms with Gasteiger partial charge in [0.1, 0.15) is 7.85 Å². The fourth-order valence-corrected chi connectivity index (χ4v) is 5.47. The van der Waals surface area contributed by atoms with Crippen molar-refractivity contribution in [1.29, 1.82) is 0 Å². The first-order valence-electron chi connectivity index (χ1n) is 9.01. The minimum Gasteiger partial charge on any atom is -0.309 e. The summed E-state index contributed by atoms with van der Waals surface area (Å²) in [5.41, 5.74) is 4.51. The number of hydrogen-bond donors (Lipinski definition) is 0. The Morgan fingerprint density at radius 2 is 1.33 bits per heavy atom. The van der Waals surface area contributed by atoms with Crippen molar-refractivity contribution >= 4 is 66.6 Å². The van der Waals surface area contributed by atoms with Gasteiger partial charge in [-0.05, 0) is 29.7 Å². The van der Waals surface area contributed by atoms with Crippen molar-refractivity contribution < 1.29 is 0 Å². The van der Waals surface area contributed by atoms with E-state index in [1.54, 1.807) is 11.3 Å². The van der Waals surface area contributed by atoms with Gasteiger partial charge in [0.15, 0.2) is 0 Å². The first kappa shape index (κ1) is 15.1. The maximum Gasteiger partial charge on any atom is 0.115 e. The van der Waals surface area contributed by atoms with Gasteiger partial charge in [-0.3, -0.25) is 0 Å². The summed E-state index contributed by atoms with van der Waals surface area (Å²) in [6.07, 6.45) is 0. The minimum atomic E-state index is 0.855. The van der Waals surface area contributed by atoms with E-state index in [0.717, 1.165) is 5.46 Å². The molecule has 0 amide bonds. The van der Waals surface area contributed by atoms with Gasteiger partial charge < -0.3 is 4.57 Å². The first-order valence-corrected chi connectivity index (χ1v) is 9.83. The lowest BCUT2D eigenvalue weighted by atomic mass is 9.94. The molecule has 0 bridgehead atoms. The number of thiophene rings is 1. The summed E-state index contributed by atoms with van der Waals surface area (Å²) in [4.78, 5) is 0. The van der Waals surface area contributed by atoms with Crippen molar-refractivity contribution in [3.63, 3.8) is 0 Å². The smallest absolute Gasteiger partial charge is 0.115 e. The molecule has 2 radical (unpaired) electrons. The molecule has 6 rings (SSSR count). The third-order valence-corrected chi connectivity index (χ3v) is 6.63. The van der Waals surface area contributed by atoms with E-state index >= 15 is 0 Å². The number of aromatic nitrogens is 1. The molecule has 0 aliphatic heterocycles. The maximum atomic E-state index is 6.28. The van der Waals surface area contributed by atoms with Gasteiger partial charge in [0, 0.05) is 31.2 Å². The van der Waals surface area contributed by atoms with Crippen molar-refractivity contribution in [1.82, 2.24) is 4.57 Å². The molecular formula is C24H14BNS. The SMILES string of the molecule is [B]c1cccc2c1sc1c2ccc2c1c1ccccc1n2-c1ccccc1. The summed E-state index contributed by atoms with van der Waals surface area (Å²) in [5, 5.41) is 5.12. The Bertz CT molecular complexity index is 1470. The average Bonchev–Trinajstić information content (AvgIpc) is 3.25. The van der Waals surface area contributed by atoms with Crippen LogP contribution in [0.3, 0.4) is 0 Å². The summed E-state index contributed by atoms with van der Waals surface area (Å²) in [6, 6.07) is 29.9. The first-order chi connectivity index (χ1) is 13.3. The quantitative estimate of drug-likeness (QED) is 0.320. The highest BCUT2D eigenvalue weighted by Crippen LogP contribution is 2.42.